The standard InChI is InChI=1S/C11H19N3OS/c1-3-11-14-9(7-16-11)4-10(15)13-6-8(2)5-12/h7-8H,3-6,12H2,1-2H3,(H,13,15). The number of nitrogens with one attached hydrogen (secondary N) is 1. The van der Waals surface area contributed by atoms with E-state index in [4.69, 9.17) is 5.73 Å². The van der Waals surface area contributed by atoms with Crippen molar-refractivity contribution in [2.45, 2.75) is 26.7 Å². The van der Waals surface area contributed by atoms with Gasteiger partial charge in [0, 0.05) is 11.9 Å². The van der Waals surface area contributed by atoms with Crippen LogP contribution in [0.3, 0.4) is 0 Å². The zero-order valence-corrected chi connectivity index (χ0v) is 10.6. The molecule has 90 valence electrons. The molecule has 3 N–H and O–H groups in total. The largest absolute Gasteiger partial charge is 0.355 e. The molecule has 4 nitrogen and oxygen atoms in total. The number of rotatable bonds is 6. The van der Waals surface area contributed by atoms with Crippen LogP contribution in [-0.2, 0) is 17.6 Å². The molecule has 1 aromatic heterocycles. The summed E-state index contributed by atoms with van der Waals surface area (Å²) in [5.41, 5.74) is 6.33. The number of carbonyl (C=O) groups is 1. The first-order chi connectivity index (χ1) is 7.65. The van der Waals surface area contributed by atoms with Crippen LogP contribution >= 0.6 is 11.3 Å². The van der Waals surface area contributed by atoms with Crippen LogP contribution in [0.5, 0.6) is 0 Å². The third-order valence-electron chi connectivity index (χ3n) is 2.29. The molecule has 1 unspecified atom stereocenters. The summed E-state index contributed by atoms with van der Waals surface area (Å²) < 4.78 is 0. The Morgan fingerprint density at radius 1 is 1.69 bits per heavy atom. The lowest BCUT2D eigenvalue weighted by Crippen LogP contribution is -2.32. The van der Waals surface area contributed by atoms with Gasteiger partial charge in [0.15, 0.2) is 0 Å². The third kappa shape index (κ3) is 4.28. The minimum atomic E-state index is 0.0215. The number of nitrogens with two attached hydrogens (primary N) is 1. The van der Waals surface area contributed by atoms with Gasteiger partial charge in [-0.1, -0.05) is 13.8 Å². The number of nitrogens with zero attached hydrogens (tertiary/aromatic N) is 1. The topological polar surface area (TPSA) is 68.0 Å². The molecule has 0 aliphatic rings. The van der Waals surface area contributed by atoms with Crippen molar-refractivity contribution in [3.63, 3.8) is 0 Å². The second kappa shape index (κ2) is 6.60. The van der Waals surface area contributed by atoms with Crippen molar-refractivity contribution in [1.82, 2.24) is 10.3 Å². The van der Waals surface area contributed by atoms with Crippen LogP contribution in [0.4, 0.5) is 0 Å². The van der Waals surface area contributed by atoms with Crippen LogP contribution in [-0.4, -0.2) is 24.0 Å². The van der Waals surface area contributed by atoms with Crippen molar-refractivity contribution in [3.05, 3.63) is 16.1 Å². The predicted molar refractivity (Wildman–Crippen MR) is 66.4 cm³/mol. The number of hydrogen-bond donors (Lipinski definition) is 2. The Morgan fingerprint density at radius 3 is 3.00 bits per heavy atom. The summed E-state index contributed by atoms with van der Waals surface area (Å²) in [7, 11) is 0. The van der Waals surface area contributed by atoms with E-state index < -0.39 is 0 Å². The SMILES string of the molecule is CCc1nc(CC(=O)NCC(C)CN)cs1. The van der Waals surface area contributed by atoms with Crippen LogP contribution in [0, 0.1) is 5.92 Å². The van der Waals surface area contributed by atoms with Gasteiger partial charge in [-0.2, -0.15) is 0 Å². The van der Waals surface area contributed by atoms with Crippen molar-refractivity contribution >= 4 is 17.2 Å². The summed E-state index contributed by atoms with van der Waals surface area (Å²) >= 11 is 1.61. The number of hydrogen-bond acceptors (Lipinski definition) is 4. The van der Waals surface area contributed by atoms with Crippen LogP contribution in [0.1, 0.15) is 24.5 Å². The van der Waals surface area contributed by atoms with E-state index in [0.717, 1.165) is 17.1 Å². The molecule has 0 spiro atoms. The maximum Gasteiger partial charge on any atom is 0.226 e. The lowest BCUT2D eigenvalue weighted by molar-refractivity contribution is -0.120. The van der Waals surface area contributed by atoms with Crippen LogP contribution in [0.15, 0.2) is 5.38 Å². The highest BCUT2D eigenvalue weighted by atomic mass is 32.1. The molecule has 0 saturated carbocycles. The second-order valence-electron chi connectivity index (χ2n) is 3.91. The summed E-state index contributed by atoms with van der Waals surface area (Å²) in [6.45, 7) is 5.31. The van der Waals surface area contributed by atoms with E-state index in [1.807, 2.05) is 12.3 Å². The van der Waals surface area contributed by atoms with Crippen molar-refractivity contribution < 1.29 is 4.79 Å². The zero-order chi connectivity index (χ0) is 12.0. The molecule has 1 aromatic rings. The fourth-order valence-corrected chi connectivity index (χ4v) is 1.94. The molecule has 1 heterocycles. The Labute approximate surface area is 100 Å². The first-order valence-electron chi connectivity index (χ1n) is 5.55. The molecule has 0 aliphatic heterocycles. The Balaban J connectivity index is 2.33. The highest BCUT2D eigenvalue weighted by Crippen LogP contribution is 2.10. The lowest BCUT2D eigenvalue weighted by atomic mass is 10.2. The summed E-state index contributed by atoms with van der Waals surface area (Å²) in [5.74, 6) is 0.346. The number of amides is 1. The molecule has 1 amide bonds. The van der Waals surface area contributed by atoms with Gasteiger partial charge >= 0.3 is 0 Å². The highest BCUT2D eigenvalue weighted by Gasteiger charge is 2.07. The van der Waals surface area contributed by atoms with E-state index in [-0.39, 0.29) is 5.91 Å². The minimum absolute atomic E-state index is 0.0215. The molecule has 1 atom stereocenters. The van der Waals surface area contributed by atoms with Crippen LogP contribution in [0.2, 0.25) is 0 Å². The fraction of sp³-hybridized carbons (Fsp3) is 0.636. The number of carbonyl (C=O) groups excluding carboxylic acids is 1. The van der Waals surface area contributed by atoms with Crippen LogP contribution in [0.25, 0.3) is 0 Å². The molecule has 1 rings (SSSR count). The van der Waals surface area contributed by atoms with Crippen molar-refractivity contribution in [2.24, 2.45) is 11.7 Å². The second-order valence-corrected chi connectivity index (χ2v) is 4.85. The number of aromatic nitrogens is 1. The molecule has 5 heteroatoms. The maximum absolute atomic E-state index is 11.5. The lowest BCUT2D eigenvalue weighted by Gasteiger charge is -2.09. The van der Waals surface area contributed by atoms with Gasteiger partial charge in [-0.25, -0.2) is 4.98 Å². The summed E-state index contributed by atoms with van der Waals surface area (Å²) in [5, 5.41) is 5.89. The van der Waals surface area contributed by atoms with Gasteiger partial charge in [0.05, 0.1) is 17.1 Å². The van der Waals surface area contributed by atoms with E-state index in [2.05, 4.69) is 17.2 Å². The molecule has 0 fully saturated rings. The van der Waals surface area contributed by atoms with Gasteiger partial charge in [0.1, 0.15) is 0 Å². The van der Waals surface area contributed by atoms with Crippen LogP contribution < -0.4 is 11.1 Å². The van der Waals surface area contributed by atoms with Gasteiger partial charge in [-0.3, -0.25) is 4.79 Å². The van der Waals surface area contributed by atoms with Crippen molar-refractivity contribution in [3.8, 4) is 0 Å². The Bertz CT molecular complexity index is 338. The molecule has 0 bridgehead atoms. The first-order valence-corrected chi connectivity index (χ1v) is 6.43. The van der Waals surface area contributed by atoms with Crippen molar-refractivity contribution in [2.75, 3.05) is 13.1 Å². The van der Waals surface area contributed by atoms with E-state index in [9.17, 15) is 4.79 Å². The van der Waals surface area contributed by atoms with E-state index >= 15 is 0 Å². The van der Waals surface area contributed by atoms with Gasteiger partial charge < -0.3 is 11.1 Å². The normalized spacial score (nSPS) is 12.4. The molecular formula is C11H19N3OS. The molecule has 0 radical (unpaired) electrons. The Hall–Kier alpha value is -0.940. The third-order valence-corrected chi connectivity index (χ3v) is 3.34. The number of thiazole rings is 1. The van der Waals surface area contributed by atoms with Gasteiger partial charge in [-0.05, 0) is 18.9 Å². The molecule has 0 aromatic carbocycles. The zero-order valence-electron chi connectivity index (χ0n) is 9.82. The molecular weight excluding hydrogens is 222 g/mol. The van der Waals surface area contributed by atoms with Gasteiger partial charge in [-0.15, -0.1) is 11.3 Å². The summed E-state index contributed by atoms with van der Waals surface area (Å²) in [6.07, 6.45) is 1.30. The minimum Gasteiger partial charge on any atom is -0.355 e. The maximum atomic E-state index is 11.5. The smallest absolute Gasteiger partial charge is 0.226 e. The average molecular weight is 241 g/mol. The Kier molecular flexibility index (Phi) is 5.42. The van der Waals surface area contributed by atoms with Gasteiger partial charge in [0.25, 0.3) is 0 Å². The first kappa shape index (κ1) is 13.1. The Morgan fingerprint density at radius 2 is 2.44 bits per heavy atom. The van der Waals surface area contributed by atoms with Gasteiger partial charge in [0.2, 0.25) is 5.91 Å². The predicted octanol–water partition coefficient (Wildman–Crippen LogP) is 0.959. The fourth-order valence-electron chi connectivity index (χ4n) is 1.19. The number of aryl methyl sites for hydroxylation is 1. The average Bonchev–Trinajstić information content (AvgIpc) is 2.73. The molecule has 16 heavy (non-hydrogen) atoms. The summed E-state index contributed by atoms with van der Waals surface area (Å²) in [6, 6.07) is 0. The van der Waals surface area contributed by atoms with E-state index in [1.54, 1.807) is 11.3 Å². The summed E-state index contributed by atoms with van der Waals surface area (Å²) in [4.78, 5) is 15.9. The molecule has 0 aliphatic carbocycles. The highest BCUT2D eigenvalue weighted by molar-refractivity contribution is 7.09. The monoisotopic (exact) mass is 241 g/mol. The quantitative estimate of drug-likeness (QED) is 0.779. The van der Waals surface area contributed by atoms with E-state index in [0.29, 0.717) is 25.4 Å². The molecule has 0 saturated heterocycles. The van der Waals surface area contributed by atoms with Crippen molar-refractivity contribution in [1.29, 1.82) is 0 Å². The van der Waals surface area contributed by atoms with E-state index in [1.165, 1.54) is 0 Å².